The summed E-state index contributed by atoms with van der Waals surface area (Å²) in [5.41, 5.74) is 0.323. The van der Waals surface area contributed by atoms with Crippen LogP contribution in [0.5, 0.6) is 0 Å². The van der Waals surface area contributed by atoms with E-state index < -0.39 is 0 Å². The molecule has 2 heteroatoms. The Morgan fingerprint density at radius 1 is 1.29 bits per heavy atom. The maximum Gasteiger partial charge on any atom is 0.0528 e. The molecule has 1 heterocycles. The van der Waals surface area contributed by atoms with E-state index in [-0.39, 0.29) is 0 Å². The predicted octanol–water partition coefficient (Wildman–Crippen LogP) is 3.11. The summed E-state index contributed by atoms with van der Waals surface area (Å²) < 4.78 is 1.41. The van der Waals surface area contributed by atoms with Crippen LogP contribution in [0.3, 0.4) is 0 Å². The summed E-state index contributed by atoms with van der Waals surface area (Å²) in [6.45, 7) is 0. The van der Waals surface area contributed by atoms with Crippen LogP contribution in [0.1, 0.15) is 17.7 Å². The van der Waals surface area contributed by atoms with Crippen molar-refractivity contribution in [3.8, 4) is 0 Å². The van der Waals surface area contributed by atoms with Crippen LogP contribution in [-0.4, -0.2) is 7.05 Å². The Hall–Kier alpha value is -0.860. The zero-order chi connectivity index (χ0) is 9.60. The van der Waals surface area contributed by atoms with Gasteiger partial charge in [0.2, 0.25) is 0 Å². The summed E-state index contributed by atoms with van der Waals surface area (Å²) in [5.74, 6) is 0. The Bertz CT molecular complexity index is 435. The van der Waals surface area contributed by atoms with Gasteiger partial charge in [-0.25, -0.2) is 0 Å². The lowest BCUT2D eigenvalue weighted by molar-refractivity contribution is 0.597. The molecule has 0 amide bonds. The maximum atomic E-state index is 3.44. The first-order chi connectivity index (χ1) is 6.84. The molecule has 0 bridgehead atoms. The SMILES string of the molecule is CNC1(c2cc3ccccc3s2)CC1. The zero-order valence-corrected chi connectivity index (χ0v) is 9.03. The summed E-state index contributed by atoms with van der Waals surface area (Å²) in [4.78, 5) is 1.50. The smallest absolute Gasteiger partial charge is 0.0528 e. The normalized spacial score (nSPS) is 18.6. The summed E-state index contributed by atoms with van der Waals surface area (Å²) in [5, 5.41) is 4.82. The lowest BCUT2D eigenvalue weighted by Gasteiger charge is -2.10. The summed E-state index contributed by atoms with van der Waals surface area (Å²) in [6.07, 6.45) is 2.58. The lowest BCUT2D eigenvalue weighted by atomic mass is 10.2. The van der Waals surface area contributed by atoms with Gasteiger partial charge in [-0.1, -0.05) is 18.2 Å². The van der Waals surface area contributed by atoms with Crippen LogP contribution >= 0.6 is 11.3 Å². The number of hydrogen-bond donors (Lipinski definition) is 1. The van der Waals surface area contributed by atoms with Gasteiger partial charge in [0.15, 0.2) is 0 Å². The van der Waals surface area contributed by atoms with Crippen molar-refractivity contribution >= 4 is 21.4 Å². The summed E-state index contributed by atoms with van der Waals surface area (Å²) >= 11 is 1.93. The molecule has 1 aromatic heterocycles. The molecule has 0 spiro atoms. The first-order valence-corrected chi connectivity index (χ1v) is 5.84. The van der Waals surface area contributed by atoms with Gasteiger partial charge in [0.05, 0.1) is 5.54 Å². The maximum absolute atomic E-state index is 3.44. The molecule has 0 atom stereocenters. The van der Waals surface area contributed by atoms with E-state index in [1.165, 1.54) is 27.8 Å². The second-order valence-electron chi connectivity index (χ2n) is 3.98. The van der Waals surface area contributed by atoms with Crippen molar-refractivity contribution < 1.29 is 0 Å². The molecule has 0 radical (unpaired) electrons. The molecule has 1 fully saturated rings. The third-order valence-corrected chi connectivity index (χ3v) is 4.45. The molecule has 1 saturated carbocycles. The van der Waals surface area contributed by atoms with E-state index in [4.69, 9.17) is 0 Å². The van der Waals surface area contributed by atoms with Crippen LogP contribution in [0.2, 0.25) is 0 Å². The van der Waals surface area contributed by atoms with E-state index in [1.807, 2.05) is 11.3 Å². The Balaban J connectivity index is 2.15. The monoisotopic (exact) mass is 203 g/mol. The van der Waals surface area contributed by atoms with Crippen LogP contribution in [0, 0.1) is 0 Å². The minimum atomic E-state index is 0.323. The van der Waals surface area contributed by atoms with Crippen LogP contribution < -0.4 is 5.32 Å². The van der Waals surface area contributed by atoms with Gasteiger partial charge >= 0.3 is 0 Å². The number of benzene rings is 1. The highest BCUT2D eigenvalue weighted by molar-refractivity contribution is 7.19. The molecular weight excluding hydrogens is 190 g/mol. The first-order valence-electron chi connectivity index (χ1n) is 5.02. The molecule has 0 aliphatic heterocycles. The number of nitrogens with one attached hydrogen (secondary N) is 1. The number of hydrogen-bond acceptors (Lipinski definition) is 2. The molecule has 1 aromatic carbocycles. The van der Waals surface area contributed by atoms with Gasteiger partial charge in [-0.15, -0.1) is 11.3 Å². The largest absolute Gasteiger partial charge is 0.310 e. The first kappa shape index (κ1) is 8.45. The van der Waals surface area contributed by atoms with Crippen LogP contribution in [0.15, 0.2) is 30.3 Å². The summed E-state index contributed by atoms with van der Waals surface area (Å²) in [7, 11) is 2.07. The van der Waals surface area contributed by atoms with Crippen molar-refractivity contribution in [3.63, 3.8) is 0 Å². The van der Waals surface area contributed by atoms with Gasteiger partial charge in [-0.2, -0.15) is 0 Å². The molecule has 3 rings (SSSR count). The molecule has 72 valence electrons. The Labute approximate surface area is 87.8 Å². The third-order valence-electron chi connectivity index (χ3n) is 3.13. The summed E-state index contributed by atoms with van der Waals surface area (Å²) in [6, 6.07) is 11.0. The fraction of sp³-hybridized carbons (Fsp3) is 0.333. The molecule has 1 aliphatic carbocycles. The van der Waals surface area contributed by atoms with E-state index in [0.717, 1.165) is 0 Å². The number of rotatable bonds is 2. The molecule has 0 unspecified atom stereocenters. The molecular formula is C12H13NS. The molecule has 2 aromatic rings. The lowest BCUT2D eigenvalue weighted by Crippen LogP contribution is -2.22. The van der Waals surface area contributed by atoms with E-state index >= 15 is 0 Å². The average molecular weight is 203 g/mol. The van der Waals surface area contributed by atoms with E-state index in [1.54, 1.807) is 0 Å². The predicted molar refractivity (Wildman–Crippen MR) is 61.8 cm³/mol. The average Bonchev–Trinajstić information content (AvgIpc) is 2.91. The van der Waals surface area contributed by atoms with Crippen molar-refractivity contribution in [1.82, 2.24) is 5.32 Å². The molecule has 1 nitrogen and oxygen atoms in total. The molecule has 1 N–H and O–H groups in total. The van der Waals surface area contributed by atoms with Crippen LogP contribution in [0.25, 0.3) is 10.1 Å². The van der Waals surface area contributed by atoms with E-state index in [2.05, 4.69) is 42.7 Å². The molecule has 0 saturated heterocycles. The number of thiophene rings is 1. The van der Waals surface area contributed by atoms with Crippen LogP contribution in [-0.2, 0) is 5.54 Å². The fourth-order valence-corrected chi connectivity index (χ4v) is 3.28. The van der Waals surface area contributed by atoms with E-state index in [0.29, 0.717) is 5.54 Å². The quantitative estimate of drug-likeness (QED) is 0.790. The van der Waals surface area contributed by atoms with Gasteiger partial charge in [-0.05, 0) is 37.4 Å². The fourth-order valence-electron chi connectivity index (χ4n) is 1.96. The van der Waals surface area contributed by atoms with Crippen molar-refractivity contribution in [2.24, 2.45) is 0 Å². The minimum absolute atomic E-state index is 0.323. The Morgan fingerprint density at radius 2 is 2.07 bits per heavy atom. The van der Waals surface area contributed by atoms with Crippen molar-refractivity contribution in [3.05, 3.63) is 35.2 Å². The van der Waals surface area contributed by atoms with Gasteiger partial charge in [0, 0.05) is 9.58 Å². The highest BCUT2D eigenvalue weighted by Crippen LogP contribution is 2.48. The van der Waals surface area contributed by atoms with Crippen molar-refractivity contribution in [2.75, 3.05) is 7.05 Å². The highest BCUT2D eigenvalue weighted by atomic mass is 32.1. The third kappa shape index (κ3) is 1.11. The molecule has 14 heavy (non-hydrogen) atoms. The second-order valence-corrected chi connectivity index (χ2v) is 5.06. The standard InChI is InChI=1S/C12H13NS/c1-13-12(6-7-12)11-8-9-4-2-3-5-10(9)14-11/h2-5,8,13H,6-7H2,1H3. The van der Waals surface area contributed by atoms with Gasteiger partial charge in [0.25, 0.3) is 0 Å². The van der Waals surface area contributed by atoms with Crippen LogP contribution in [0.4, 0.5) is 0 Å². The zero-order valence-electron chi connectivity index (χ0n) is 8.21. The van der Waals surface area contributed by atoms with Gasteiger partial charge in [0.1, 0.15) is 0 Å². The second kappa shape index (κ2) is 2.81. The van der Waals surface area contributed by atoms with Gasteiger partial charge < -0.3 is 5.32 Å². The Morgan fingerprint density at radius 3 is 2.71 bits per heavy atom. The Kier molecular flexibility index (Phi) is 1.70. The molecule has 1 aliphatic rings. The van der Waals surface area contributed by atoms with Crippen molar-refractivity contribution in [2.45, 2.75) is 18.4 Å². The van der Waals surface area contributed by atoms with E-state index in [9.17, 15) is 0 Å². The topological polar surface area (TPSA) is 12.0 Å². The minimum Gasteiger partial charge on any atom is -0.310 e. The van der Waals surface area contributed by atoms with Gasteiger partial charge in [-0.3, -0.25) is 0 Å². The van der Waals surface area contributed by atoms with Crippen molar-refractivity contribution in [1.29, 1.82) is 0 Å². The number of fused-ring (bicyclic) bond motifs is 1. The highest BCUT2D eigenvalue weighted by Gasteiger charge is 2.43.